The van der Waals surface area contributed by atoms with Crippen molar-refractivity contribution in [2.24, 2.45) is 0 Å². The van der Waals surface area contributed by atoms with Crippen molar-refractivity contribution in [2.75, 3.05) is 18.0 Å². The lowest BCUT2D eigenvalue weighted by atomic mass is 10.2. The van der Waals surface area contributed by atoms with Crippen molar-refractivity contribution in [1.29, 1.82) is 0 Å². The van der Waals surface area contributed by atoms with Crippen LogP contribution in [-0.2, 0) is 6.42 Å². The minimum atomic E-state index is 0.670. The number of hydrogen-bond donors (Lipinski definition) is 0. The van der Waals surface area contributed by atoms with E-state index in [0.29, 0.717) is 5.02 Å². The summed E-state index contributed by atoms with van der Waals surface area (Å²) < 4.78 is 0. The Kier molecular flexibility index (Phi) is 2.89. The first-order valence-electron chi connectivity index (χ1n) is 4.96. The highest BCUT2D eigenvalue weighted by Gasteiger charge is 2.21. The molecule has 1 aromatic rings. The molecule has 0 N–H and O–H groups in total. The molecule has 1 heterocycles. The van der Waals surface area contributed by atoms with E-state index < -0.39 is 0 Å². The van der Waals surface area contributed by atoms with Crippen LogP contribution in [0.15, 0.2) is 12.1 Å². The predicted octanol–water partition coefficient (Wildman–Crippen LogP) is 3.77. The lowest BCUT2D eigenvalue weighted by molar-refractivity contribution is 0.796. The second-order valence-corrected chi connectivity index (χ2v) is 4.38. The van der Waals surface area contributed by atoms with E-state index in [0.717, 1.165) is 24.5 Å². The Balaban J connectivity index is 2.37. The second kappa shape index (κ2) is 4.00. The molecule has 0 unspecified atom stereocenters. The largest absolute Gasteiger partial charge is 0.371 e. The van der Waals surface area contributed by atoms with Gasteiger partial charge < -0.3 is 4.90 Å². The van der Waals surface area contributed by atoms with E-state index in [1.165, 1.54) is 17.7 Å². The van der Waals surface area contributed by atoms with Crippen LogP contribution in [0.2, 0.25) is 10.0 Å². The molecule has 14 heavy (non-hydrogen) atoms. The van der Waals surface area contributed by atoms with E-state index in [2.05, 4.69) is 17.9 Å². The van der Waals surface area contributed by atoms with Gasteiger partial charge in [0, 0.05) is 18.8 Å². The van der Waals surface area contributed by atoms with Gasteiger partial charge in [0.2, 0.25) is 0 Å². The van der Waals surface area contributed by atoms with Gasteiger partial charge in [-0.15, -0.1) is 0 Å². The van der Waals surface area contributed by atoms with Gasteiger partial charge in [-0.05, 0) is 30.5 Å². The smallest absolute Gasteiger partial charge is 0.0645 e. The second-order valence-electron chi connectivity index (χ2n) is 3.60. The monoisotopic (exact) mass is 229 g/mol. The molecule has 0 spiro atoms. The van der Waals surface area contributed by atoms with Crippen LogP contribution in [0.4, 0.5) is 5.69 Å². The fourth-order valence-electron chi connectivity index (χ4n) is 1.99. The summed E-state index contributed by atoms with van der Waals surface area (Å²) >= 11 is 12.1. The first-order valence-corrected chi connectivity index (χ1v) is 5.71. The molecule has 0 fully saturated rings. The number of rotatable bonds is 2. The average Bonchev–Trinajstić information content (AvgIpc) is 2.57. The Morgan fingerprint density at radius 2 is 2.14 bits per heavy atom. The van der Waals surface area contributed by atoms with Gasteiger partial charge in [-0.2, -0.15) is 0 Å². The Labute approximate surface area is 94.6 Å². The summed E-state index contributed by atoms with van der Waals surface area (Å²) in [6.45, 7) is 4.36. The minimum Gasteiger partial charge on any atom is -0.371 e. The maximum Gasteiger partial charge on any atom is 0.0645 e. The van der Waals surface area contributed by atoms with Crippen molar-refractivity contribution in [1.82, 2.24) is 0 Å². The third-order valence-corrected chi connectivity index (χ3v) is 3.48. The standard InChI is InChI=1S/C11H13Cl2N/c1-2-6-14-7-5-8-10(14)4-3-9(12)11(8)13/h3-4H,2,5-7H2,1H3. The van der Waals surface area contributed by atoms with Crippen LogP contribution in [0.25, 0.3) is 0 Å². The van der Waals surface area contributed by atoms with Crippen molar-refractivity contribution in [3.05, 3.63) is 27.7 Å². The summed E-state index contributed by atoms with van der Waals surface area (Å²) in [5.41, 5.74) is 2.48. The molecule has 0 saturated carbocycles. The van der Waals surface area contributed by atoms with Crippen LogP contribution in [-0.4, -0.2) is 13.1 Å². The van der Waals surface area contributed by atoms with Crippen LogP contribution in [0.3, 0.4) is 0 Å². The molecule has 76 valence electrons. The zero-order chi connectivity index (χ0) is 10.1. The topological polar surface area (TPSA) is 3.24 Å². The van der Waals surface area contributed by atoms with Gasteiger partial charge in [0.05, 0.1) is 10.0 Å². The fraction of sp³-hybridized carbons (Fsp3) is 0.455. The van der Waals surface area contributed by atoms with Crippen LogP contribution >= 0.6 is 23.2 Å². The summed E-state index contributed by atoms with van der Waals surface area (Å²) in [6, 6.07) is 3.96. The molecular formula is C11H13Cl2N. The highest BCUT2D eigenvalue weighted by Crippen LogP contribution is 2.37. The van der Waals surface area contributed by atoms with Gasteiger partial charge in [0.25, 0.3) is 0 Å². The maximum atomic E-state index is 6.15. The van der Waals surface area contributed by atoms with Gasteiger partial charge >= 0.3 is 0 Å². The van der Waals surface area contributed by atoms with Crippen molar-refractivity contribution in [3.8, 4) is 0 Å². The highest BCUT2D eigenvalue weighted by atomic mass is 35.5. The van der Waals surface area contributed by atoms with Gasteiger partial charge in [-0.1, -0.05) is 30.1 Å². The van der Waals surface area contributed by atoms with E-state index in [4.69, 9.17) is 23.2 Å². The predicted molar refractivity (Wildman–Crippen MR) is 62.7 cm³/mol. The van der Waals surface area contributed by atoms with Gasteiger partial charge in [0.15, 0.2) is 0 Å². The number of nitrogens with zero attached hydrogens (tertiary/aromatic N) is 1. The minimum absolute atomic E-state index is 0.670. The first kappa shape index (κ1) is 10.1. The molecule has 0 aromatic heterocycles. The Bertz CT molecular complexity index is 349. The number of anilines is 1. The molecule has 0 aliphatic carbocycles. The number of halogens is 2. The summed E-state index contributed by atoms with van der Waals surface area (Å²) in [6.07, 6.45) is 2.19. The molecule has 3 heteroatoms. The lowest BCUT2D eigenvalue weighted by Gasteiger charge is -2.18. The van der Waals surface area contributed by atoms with Gasteiger partial charge in [-0.25, -0.2) is 0 Å². The average molecular weight is 230 g/mol. The molecule has 1 aliphatic heterocycles. The lowest BCUT2D eigenvalue weighted by Crippen LogP contribution is -2.20. The van der Waals surface area contributed by atoms with Crippen LogP contribution < -0.4 is 4.90 Å². The summed E-state index contributed by atoms with van der Waals surface area (Å²) in [7, 11) is 0. The fourth-order valence-corrected chi connectivity index (χ4v) is 2.42. The summed E-state index contributed by atoms with van der Waals surface area (Å²) in [5, 5.41) is 1.41. The SMILES string of the molecule is CCCN1CCc2c1ccc(Cl)c2Cl. The quantitative estimate of drug-likeness (QED) is 0.747. The van der Waals surface area contributed by atoms with Crippen molar-refractivity contribution in [3.63, 3.8) is 0 Å². The molecule has 0 amide bonds. The Morgan fingerprint density at radius 1 is 1.36 bits per heavy atom. The van der Waals surface area contributed by atoms with E-state index >= 15 is 0 Å². The normalized spacial score (nSPS) is 14.6. The van der Waals surface area contributed by atoms with E-state index in [1.54, 1.807) is 0 Å². The van der Waals surface area contributed by atoms with Gasteiger partial charge in [0.1, 0.15) is 0 Å². The van der Waals surface area contributed by atoms with Crippen LogP contribution in [0.1, 0.15) is 18.9 Å². The van der Waals surface area contributed by atoms with Crippen molar-refractivity contribution >= 4 is 28.9 Å². The molecule has 0 atom stereocenters. The summed E-state index contributed by atoms with van der Waals surface area (Å²) in [5.74, 6) is 0. The molecule has 0 radical (unpaired) electrons. The summed E-state index contributed by atoms with van der Waals surface area (Å²) in [4.78, 5) is 2.37. The third-order valence-electron chi connectivity index (χ3n) is 2.64. The third kappa shape index (κ3) is 1.59. The van der Waals surface area contributed by atoms with Crippen molar-refractivity contribution < 1.29 is 0 Å². The molecule has 1 aromatic carbocycles. The molecule has 0 bridgehead atoms. The highest BCUT2D eigenvalue weighted by molar-refractivity contribution is 6.42. The Hall–Kier alpha value is -0.400. The Morgan fingerprint density at radius 3 is 2.86 bits per heavy atom. The number of benzene rings is 1. The van der Waals surface area contributed by atoms with E-state index in [9.17, 15) is 0 Å². The molecule has 0 saturated heterocycles. The molecule has 1 aliphatic rings. The molecular weight excluding hydrogens is 217 g/mol. The first-order chi connectivity index (χ1) is 6.74. The van der Waals surface area contributed by atoms with E-state index in [1.807, 2.05) is 6.07 Å². The van der Waals surface area contributed by atoms with Crippen molar-refractivity contribution in [2.45, 2.75) is 19.8 Å². The zero-order valence-electron chi connectivity index (χ0n) is 8.19. The maximum absolute atomic E-state index is 6.15. The van der Waals surface area contributed by atoms with Crippen LogP contribution in [0.5, 0.6) is 0 Å². The number of fused-ring (bicyclic) bond motifs is 1. The van der Waals surface area contributed by atoms with Crippen LogP contribution in [0, 0.1) is 0 Å². The van der Waals surface area contributed by atoms with E-state index in [-0.39, 0.29) is 0 Å². The molecule has 2 rings (SSSR count). The zero-order valence-corrected chi connectivity index (χ0v) is 9.70. The van der Waals surface area contributed by atoms with Gasteiger partial charge in [-0.3, -0.25) is 0 Å². The molecule has 1 nitrogen and oxygen atoms in total. The number of hydrogen-bond acceptors (Lipinski definition) is 1.